The first-order valence-corrected chi connectivity index (χ1v) is 10.1. The van der Waals surface area contributed by atoms with Crippen molar-refractivity contribution in [2.45, 2.75) is 47.5 Å². The summed E-state index contributed by atoms with van der Waals surface area (Å²) in [6, 6.07) is 8.64. The molecule has 0 saturated carbocycles. The molecule has 0 aliphatic heterocycles. The van der Waals surface area contributed by atoms with Crippen LogP contribution in [0.1, 0.15) is 53.0 Å². The first-order valence-electron chi connectivity index (χ1n) is 10.1. The van der Waals surface area contributed by atoms with Gasteiger partial charge in [0, 0.05) is 11.4 Å². The van der Waals surface area contributed by atoms with Gasteiger partial charge in [-0.2, -0.15) is 0 Å². The van der Waals surface area contributed by atoms with E-state index in [0.717, 1.165) is 24.2 Å². The first-order chi connectivity index (χ1) is 13.5. The Morgan fingerprint density at radius 3 is 2.46 bits per heavy atom. The molecule has 0 amide bonds. The van der Waals surface area contributed by atoms with Crippen molar-refractivity contribution >= 4 is 11.3 Å². The lowest BCUT2D eigenvalue weighted by Gasteiger charge is -2.10. The summed E-state index contributed by atoms with van der Waals surface area (Å²) in [5.41, 5.74) is 8.63. The predicted molar refractivity (Wildman–Crippen MR) is 126 cm³/mol. The van der Waals surface area contributed by atoms with Crippen LogP contribution < -0.4 is 5.32 Å². The molecule has 1 aliphatic carbocycles. The molecule has 0 bridgehead atoms. The van der Waals surface area contributed by atoms with Gasteiger partial charge in [-0.25, -0.2) is 0 Å². The van der Waals surface area contributed by atoms with E-state index in [1.807, 2.05) is 0 Å². The van der Waals surface area contributed by atoms with Gasteiger partial charge in [0.2, 0.25) is 0 Å². The Morgan fingerprint density at radius 2 is 1.79 bits per heavy atom. The maximum Gasteiger partial charge on any atom is 0.0382 e. The van der Waals surface area contributed by atoms with Crippen molar-refractivity contribution in [2.75, 3.05) is 5.32 Å². The maximum atomic E-state index is 3.46. The van der Waals surface area contributed by atoms with E-state index < -0.39 is 0 Å². The normalized spacial score (nSPS) is 16.1. The highest BCUT2D eigenvalue weighted by Gasteiger charge is 2.02. The molecule has 0 heterocycles. The molecule has 1 nitrogen and oxygen atoms in total. The van der Waals surface area contributed by atoms with E-state index >= 15 is 0 Å². The second kappa shape index (κ2) is 11.1. The molecule has 1 N–H and O–H groups in total. The summed E-state index contributed by atoms with van der Waals surface area (Å²) >= 11 is 0. The summed E-state index contributed by atoms with van der Waals surface area (Å²) in [6.07, 6.45) is 21.7. The van der Waals surface area contributed by atoms with E-state index in [-0.39, 0.29) is 0 Å². The molecule has 0 spiro atoms. The Labute approximate surface area is 171 Å². The van der Waals surface area contributed by atoms with Gasteiger partial charge in [-0.15, -0.1) is 0 Å². The maximum absolute atomic E-state index is 3.46. The van der Waals surface area contributed by atoms with Crippen molar-refractivity contribution < 1.29 is 0 Å². The van der Waals surface area contributed by atoms with Gasteiger partial charge in [0.15, 0.2) is 0 Å². The molecule has 1 aromatic rings. The Kier molecular flexibility index (Phi) is 8.55. The lowest BCUT2D eigenvalue weighted by molar-refractivity contribution is 1.10. The zero-order valence-corrected chi connectivity index (χ0v) is 17.9. The van der Waals surface area contributed by atoms with Crippen molar-refractivity contribution in [3.8, 4) is 0 Å². The number of allylic oxidation sites excluding steroid dienone is 14. The van der Waals surface area contributed by atoms with Crippen LogP contribution in [0.25, 0.3) is 5.57 Å². The summed E-state index contributed by atoms with van der Waals surface area (Å²) in [5.74, 6) is 0. The molecule has 1 aromatic carbocycles. The number of rotatable bonds is 7. The van der Waals surface area contributed by atoms with Gasteiger partial charge >= 0.3 is 0 Å². The van der Waals surface area contributed by atoms with Crippen molar-refractivity contribution in [1.82, 2.24) is 0 Å². The van der Waals surface area contributed by atoms with Crippen LogP contribution >= 0.6 is 0 Å². The SMILES string of the molecule is C/C=C(\C=C(/C)C1=CC=CCC=C1)c1ccc(N/C(C)=C/C=C(\C)CC)cc1. The van der Waals surface area contributed by atoms with Gasteiger partial charge in [0.25, 0.3) is 0 Å². The third-order valence-electron chi connectivity index (χ3n) is 4.86. The third kappa shape index (κ3) is 6.74. The summed E-state index contributed by atoms with van der Waals surface area (Å²) in [4.78, 5) is 0. The Balaban J connectivity index is 2.13. The fourth-order valence-electron chi connectivity index (χ4n) is 2.89. The summed E-state index contributed by atoms with van der Waals surface area (Å²) in [7, 11) is 0. The fourth-order valence-corrected chi connectivity index (χ4v) is 2.89. The molecule has 0 saturated heterocycles. The molecule has 0 unspecified atom stereocenters. The highest BCUT2D eigenvalue weighted by molar-refractivity contribution is 5.76. The zero-order chi connectivity index (χ0) is 20.4. The van der Waals surface area contributed by atoms with Crippen LogP contribution in [0.5, 0.6) is 0 Å². The number of anilines is 1. The van der Waals surface area contributed by atoms with Crippen molar-refractivity contribution in [3.05, 3.63) is 107 Å². The molecule has 1 aliphatic rings. The largest absolute Gasteiger partial charge is 0.359 e. The van der Waals surface area contributed by atoms with Gasteiger partial charge in [0.05, 0.1) is 0 Å². The lowest BCUT2D eigenvalue weighted by atomic mass is 9.99. The van der Waals surface area contributed by atoms with Gasteiger partial charge in [-0.1, -0.05) is 73.2 Å². The molecule has 0 fully saturated rings. The molecule has 0 radical (unpaired) electrons. The van der Waals surface area contributed by atoms with E-state index in [0.29, 0.717) is 0 Å². The van der Waals surface area contributed by atoms with Crippen molar-refractivity contribution in [3.63, 3.8) is 0 Å². The van der Waals surface area contributed by atoms with E-state index in [1.54, 1.807) is 0 Å². The first kappa shape index (κ1) is 21.5. The highest BCUT2D eigenvalue weighted by atomic mass is 14.9. The van der Waals surface area contributed by atoms with Crippen LogP contribution in [-0.2, 0) is 0 Å². The molecule has 0 aromatic heterocycles. The fraction of sp³-hybridized carbons (Fsp3) is 0.259. The molecule has 0 atom stereocenters. The average molecular weight is 372 g/mol. The predicted octanol–water partition coefficient (Wildman–Crippen LogP) is 8.15. The van der Waals surface area contributed by atoms with E-state index in [2.05, 4.69) is 119 Å². The zero-order valence-electron chi connectivity index (χ0n) is 17.9. The van der Waals surface area contributed by atoms with Gasteiger partial charge in [0.1, 0.15) is 0 Å². The smallest absolute Gasteiger partial charge is 0.0382 e. The Bertz CT molecular complexity index is 865. The summed E-state index contributed by atoms with van der Waals surface area (Å²) in [6.45, 7) is 10.7. The monoisotopic (exact) mass is 371 g/mol. The van der Waals surface area contributed by atoms with E-state index in [9.17, 15) is 0 Å². The van der Waals surface area contributed by atoms with Gasteiger partial charge in [-0.3, -0.25) is 0 Å². The third-order valence-corrected chi connectivity index (χ3v) is 4.86. The second-order valence-corrected chi connectivity index (χ2v) is 7.18. The van der Waals surface area contributed by atoms with Crippen molar-refractivity contribution in [2.24, 2.45) is 0 Å². The quantitative estimate of drug-likeness (QED) is 0.477. The number of benzene rings is 1. The minimum atomic E-state index is 1.000. The second-order valence-electron chi connectivity index (χ2n) is 7.18. The summed E-state index contributed by atoms with van der Waals surface area (Å²) in [5, 5.41) is 3.46. The summed E-state index contributed by atoms with van der Waals surface area (Å²) < 4.78 is 0. The van der Waals surface area contributed by atoms with Crippen LogP contribution in [0, 0.1) is 0 Å². The Morgan fingerprint density at radius 1 is 1.04 bits per heavy atom. The van der Waals surface area contributed by atoms with Crippen LogP contribution in [0.4, 0.5) is 5.69 Å². The topological polar surface area (TPSA) is 12.0 Å². The molecule has 1 heteroatoms. The van der Waals surface area contributed by atoms with Gasteiger partial charge in [-0.05, 0) is 81.0 Å². The van der Waals surface area contributed by atoms with E-state index in [4.69, 9.17) is 0 Å². The van der Waals surface area contributed by atoms with Crippen LogP contribution in [0.15, 0.2) is 101 Å². The number of hydrogen-bond acceptors (Lipinski definition) is 1. The lowest BCUT2D eigenvalue weighted by Crippen LogP contribution is -1.95. The average Bonchev–Trinajstić information content (AvgIpc) is 3.00. The standard InChI is InChI=1S/C27H33N/c1-6-21(3)14-15-23(5)28-27-18-16-26(17-19-27)24(7-2)20-22(4)25-12-10-8-9-11-13-25/h7-8,10-20,28H,6,9H2,1-5H3/b21-14+,22-20+,23-15+,24-7+. The van der Waals surface area contributed by atoms with Crippen LogP contribution in [0.3, 0.4) is 0 Å². The van der Waals surface area contributed by atoms with Crippen LogP contribution in [-0.4, -0.2) is 0 Å². The molecule has 28 heavy (non-hydrogen) atoms. The van der Waals surface area contributed by atoms with Crippen LogP contribution in [0.2, 0.25) is 0 Å². The molecular weight excluding hydrogens is 338 g/mol. The van der Waals surface area contributed by atoms with Gasteiger partial charge < -0.3 is 5.32 Å². The van der Waals surface area contributed by atoms with Crippen molar-refractivity contribution in [1.29, 1.82) is 0 Å². The Hall–Kier alpha value is -2.80. The molecular formula is C27H33N. The van der Waals surface area contributed by atoms with E-state index in [1.165, 1.54) is 27.9 Å². The number of hydrogen-bond donors (Lipinski definition) is 1. The minimum Gasteiger partial charge on any atom is -0.359 e. The molecule has 2 rings (SSSR count). The highest BCUT2D eigenvalue weighted by Crippen LogP contribution is 2.24. The number of nitrogens with one attached hydrogen (secondary N) is 1. The minimum absolute atomic E-state index is 1.000. The molecule has 146 valence electrons.